The quantitative estimate of drug-likeness (QED) is 0.740. The van der Waals surface area contributed by atoms with E-state index in [1.807, 2.05) is 0 Å². The molecule has 0 aliphatic heterocycles. The molecule has 94 valence electrons. The van der Waals surface area contributed by atoms with E-state index in [0.717, 1.165) is 12.3 Å². The number of pyridine rings is 1. The summed E-state index contributed by atoms with van der Waals surface area (Å²) in [7, 11) is 0. The number of hydrogen-bond donors (Lipinski definition) is 3. The molecule has 0 saturated heterocycles. The Balaban J connectivity index is 2.80. The number of aromatic nitrogens is 1. The largest absolute Gasteiger partial charge is 0.433 e. The number of nitrogen functional groups attached to an aromatic ring is 1. The summed E-state index contributed by atoms with van der Waals surface area (Å²) in [6.45, 7) is 0.112. The molecule has 0 unspecified atom stereocenters. The lowest BCUT2D eigenvalue weighted by Gasteiger charge is -2.11. The van der Waals surface area contributed by atoms with Gasteiger partial charge in [0.1, 0.15) is 5.69 Å². The van der Waals surface area contributed by atoms with Gasteiger partial charge in [0.2, 0.25) is 5.91 Å². The zero-order chi connectivity index (χ0) is 13.1. The van der Waals surface area contributed by atoms with E-state index >= 15 is 0 Å². The summed E-state index contributed by atoms with van der Waals surface area (Å²) >= 11 is 0. The number of carbonyl (C=O) groups excluding carboxylic acids is 1. The first kappa shape index (κ1) is 13.1. The van der Waals surface area contributed by atoms with Gasteiger partial charge in [-0.15, -0.1) is 0 Å². The summed E-state index contributed by atoms with van der Waals surface area (Å²) in [5, 5.41) is 2.59. The van der Waals surface area contributed by atoms with Crippen molar-refractivity contribution in [2.45, 2.75) is 12.6 Å². The van der Waals surface area contributed by atoms with Crippen LogP contribution in [0.3, 0.4) is 0 Å². The second kappa shape index (κ2) is 4.89. The summed E-state index contributed by atoms with van der Waals surface area (Å²) in [6, 6.07) is 0.788. The molecule has 0 aliphatic carbocycles. The van der Waals surface area contributed by atoms with Crippen molar-refractivity contribution >= 4 is 17.3 Å². The maximum atomic E-state index is 12.3. The second-order valence-corrected chi connectivity index (χ2v) is 3.30. The van der Waals surface area contributed by atoms with Crippen LogP contribution in [-0.2, 0) is 11.0 Å². The van der Waals surface area contributed by atoms with Gasteiger partial charge in [0.05, 0.1) is 17.6 Å². The van der Waals surface area contributed by atoms with Gasteiger partial charge < -0.3 is 16.8 Å². The van der Waals surface area contributed by atoms with E-state index in [0.29, 0.717) is 0 Å². The van der Waals surface area contributed by atoms with Crippen LogP contribution in [-0.4, -0.2) is 17.4 Å². The molecule has 5 nitrogen and oxygen atoms in total. The zero-order valence-corrected chi connectivity index (χ0v) is 8.71. The van der Waals surface area contributed by atoms with Crippen LogP contribution in [0.1, 0.15) is 12.1 Å². The van der Waals surface area contributed by atoms with Crippen LogP contribution in [0, 0.1) is 0 Å². The van der Waals surface area contributed by atoms with Gasteiger partial charge in [0, 0.05) is 13.0 Å². The fourth-order valence-corrected chi connectivity index (χ4v) is 1.09. The third-order valence-electron chi connectivity index (χ3n) is 1.91. The number of nitrogens with two attached hydrogens (primary N) is 2. The van der Waals surface area contributed by atoms with Crippen LogP contribution in [0.4, 0.5) is 24.5 Å². The fraction of sp³-hybridized carbons (Fsp3) is 0.333. The maximum absolute atomic E-state index is 12.3. The smallest absolute Gasteiger partial charge is 0.396 e. The number of hydrogen-bond acceptors (Lipinski definition) is 4. The van der Waals surface area contributed by atoms with Crippen LogP contribution in [0.2, 0.25) is 0 Å². The molecule has 1 rings (SSSR count). The molecule has 0 fully saturated rings. The van der Waals surface area contributed by atoms with Gasteiger partial charge in [-0.2, -0.15) is 13.2 Å². The minimum Gasteiger partial charge on any atom is -0.396 e. The number of halogens is 3. The molecule has 1 aromatic heterocycles. The van der Waals surface area contributed by atoms with Gasteiger partial charge in [-0.25, -0.2) is 4.98 Å². The highest BCUT2D eigenvalue weighted by Crippen LogP contribution is 2.30. The molecule has 0 aromatic carbocycles. The van der Waals surface area contributed by atoms with E-state index in [1.165, 1.54) is 0 Å². The highest BCUT2D eigenvalue weighted by atomic mass is 19.4. The molecular weight excluding hydrogens is 237 g/mol. The Bertz CT molecular complexity index is 419. The van der Waals surface area contributed by atoms with Crippen molar-refractivity contribution in [3.05, 3.63) is 18.0 Å². The summed E-state index contributed by atoms with van der Waals surface area (Å²) < 4.78 is 37.0. The third kappa shape index (κ3) is 3.82. The predicted molar refractivity (Wildman–Crippen MR) is 56.0 cm³/mol. The normalized spacial score (nSPS) is 11.2. The van der Waals surface area contributed by atoms with E-state index in [-0.39, 0.29) is 24.3 Å². The van der Waals surface area contributed by atoms with Crippen LogP contribution in [0.25, 0.3) is 0 Å². The molecule has 1 aromatic rings. The number of nitrogens with zero attached hydrogens (tertiary/aromatic N) is 1. The number of nitrogens with one attached hydrogen (secondary N) is 1. The number of primary amides is 1. The SMILES string of the molecule is NC(=O)CCNc1cc(C(F)(F)F)ncc1N. The molecule has 0 atom stereocenters. The van der Waals surface area contributed by atoms with Crippen molar-refractivity contribution < 1.29 is 18.0 Å². The van der Waals surface area contributed by atoms with E-state index in [4.69, 9.17) is 11.5 Å². The molecule has 0 bridgehead atoms. The summed E-state index contributed by atoms with van der Waals surface area (Å²) in [4.78, 5) is 13.6. The summed E-state index contributed by atoms with van der Waals surface area (Å²) in [6.07, 6.45) is -3.62. The van der Waals surface area contributed by atoms with Gasteiger partial charge in [0.25, 0.3) is 0 Å². The van der Waals surface area contributed by atoms with Gasteiger partial charge >= 0.3 is 6.18 Å². The van der Waals surface area contributed by atoms with Crippen molar-refractivity contribution in [1.82, 2.24) is 4.98 Å². The maximum Gasteiger partial charge on any atom is 0.433 e. The number of alkyl halides is 3. The van der Waals surface area contributed by atoms with Crippen LogP contribution >= 0.6 is 0 Å². The van der Waals surface area contributed by atoms with Crippen molar-refractivity contribution in [2.75, 3.05) is 17.6 Å². The Morgan fingerprint density at radius 3 is 2.65 bits per heavy atom. The number of rotatable bonds is 4. The van der Waals surface area contributed by atoms with Crippen molar-refractivity contribution in [3.8, 4) is 0 Å². The first-order chi connectivity index (χ1) is 7.80. The topological polar surface area (TPSA) is 94.0 Å². The minimum absolute atomic E-state index is 0.00309. The molecule has 5 N–H and O–H groups in total. The molecule has 17 heavy (non-hydrogen) atoms. The van der Waals surface area contributed by atoms with E-state index in [2.05, 4.69) is 10.3 Å². The molecule has 0 aliphatic rings. The molecule has 1 amide bonds. The lowest BCUT2D eigenvalue weighted by atomic mass is 10.2. The monoisotopic (exact) mass is 248 g/mol. The van der Waals surface area contributed by atoms with Crippen LogP contribution in [0.15, 0.2) is 12.3 Å². The second-order valence-electron chi connectivity index (χ2n) is 3.30. The molecular formula is C9H11F3N4O. The minimum atomic E-state index is -4.53. The Hall–Kier alpha value is -1.99. The van der Waals surface area contributed by atoms with E-state index < -0.39 is 17.8 Å². The van der Waals surface area contributed by atoms with Crippen LogP contribution in [0.5, 0.6) is 0 Å². The molecule has 0 radical (unpaired) electrons. The van der Waals surface area contributed by atoms with E-state index in [9.17, 15) is 18.0 Å². The third-order valence-corrected chi connectivity index (χ3v) is 1.91. The molecule has 0 spiro atoms. The van der Waals surface area contributed by atoms with Crippen LogP contribution < -0.4 is 16.8 Å². The average molecular weight is 248 g/mol. The summed E-state index contributed by atoms with van der Waals surface area (Å²) in [5.74, 6) is -0.554. The van der Waals surface area contributed by atoms with Gasteiger partial charge in [-0.1, -0.05) is 0 Å². The first-order valence-electron chi connectivity index (χ1n) is 4.65. The lowest BCUT2D eigenvalue weighted by Crippen LogP contribution is -2.17. The zero-order valence-electron chi connectivity index (χ0n) is 8.71. The first-order valence-corrected chi connectivity index (χ1v) is 4.65. The highest BCUT2D eigenvalue weighted by Gasteiger charge is 2.32. The van der Waals surface area contributed by atoms with Gasteiger partial charge in [-0.05, 0) is 6.07 Å². The predicted octanol–water partition coefficient (Wildman–Crippen LogP) is 0.970. The Morgan fingerprint density at radius 2 is 2.12 bits per heavy atom. The van der Waals surface area contributed by atoms with Gasteiger partial charge in [-0.3, -0.25) is 4.79 Å². The van der Waals surface area contributed by atoms with E-state index in [1.54, 1.807) is 0 Å². The number of carbonyl (C=O) groups is 1. The average Bonchev–Trinajstić information content (AvgIpc) is 2.18. The Morgan fingerprint density at radius 1 is 1.47 bits per heavy atom. The number of anilines is 2. The number of amides is 1. The van der Waals surface area contributed by atoms with Crippen molar-refractivity contribution in [2.24, 2.45) is 5.73 Å². The molecule has 8 heteroatoms. The fourth-order valence-electron chi connectivity index (χ4n) is 1.09. The Labute approximate surface area is 95.0 Å². The lowest BCUT2D eigenvalue weighted by molar-refractivity contribution is -0.141. The molecule has 0 saturated carbocycles. The summed E-state index contributed by atoms with van der Waals surface area (Å²) in [5.41, 5.74) is 9.43. The Kier molecular flexibility index (Phi) is 3.77. The molecule has 1 heterocycles. The highest BCUT2D eigenvalue weighted by molar-refractivity contribution is 5.74. The van der Waals surface area contributed by atoms with Crippen molar-refractivity contribution in [1.29, 1.82) is 0 Å². The van der Waals surface area contributed by atoms with Crippen molar-refractivity contribution in [3.63, 3.8) is 0 Å². The standard InChI is InChI=1S/C9H11F3N4O/c10-9(11,12)7-3-6(5(13)4-16-7)15-2-1-8(14)17/h3-4H,1-2,13H2,(H2,14,17)(H,15,16). The van der Waals surface area contributed by atoms with Gasteiger partial charge in [0.15, 0.2) is 0 Å².